The van der Waals surface area contributed by atoms with Crippen molar-refractivity contribution in [3.8, 4) is 0 Å². The molecule has 1 saturated heterocycles. The van der Waals surface area contributed by atoms with Crippen molar-refractivity contribution in [2.75, 3.05) is 5.88 Å². The molecule has 0 radical (unpaired) electrons. The highest BCUT2D eigenvalue weighted by Gasteiger charge is 2.48. The Labute approximate surface area is 222 Å². The molecule has 5 atom stereocenters. The van der Waals surface area contributed by atoms with Crippen molar-refractivity contribution in [3.63, 3.8) is 0 Å². The van der Waals surface area contributed by atoms with Gasteiger partial charge in [-0.25, -0.2) is 0 Å². The molecular weight excluding hydrogens is 496 g/mol. The maximum Gasteiger partial charge on any atom is 0.321 e. The van der Waals surface area contributed by atoms with E-state index in [2.05, 4.69) is 0 Å². The quantitative estimate of drug-likeness (QED) is 0.233. The topological polar surface area (TPSA) is 54.0 Å². The van der Waals surface area contributed by atoms with Crippen LogP contribution in [0.4, 0.5) is 0 Å². The van der Waals surface area contributed by atoms with E-state index in [1.807, 2.05) is 98.8 Å². The molecule has 0 N–H and O–H groups in total. The van der Waals surface area contributed by atoms with Gasteiger partial charge in [-0.05, 0) is 37.1 Å². The Morgan fingerprint density at radius 2 is 1.39 bits per heavy atom. The molecule has 0 aliphatic carbocycles. The molecule has 7 heteroatoms. The molecule has 1 heterocycles. The molecule has 0 aromatic heterocycles. The fourth-order valence-corrected chi connectivity index (χ4v) is 5.28. The smallest absolute Gasteiger partial charge is 0.321 e. The number of carbonyl (C=O) groups is 1. The Bertz CT molecular complexity index is 1080. The maximum absolute atomic E-state index is 12.4. The van der Waals surface area contributed by atoms with Crippen LogP contribution in [0, 0.1) is 6.92 Å². The van der Waals surface area contributed by atoms with Crippen LogP contribution < -0.4 is 0 Å². The number of esters is 1. The van der Waals surface area contributed by atoms with Crippen LogP contribution in [0.5, 0.6) is 0 Å². The van der Waals surface area contributed by atoms with E-state index in [0.29, 0.717) is 13.2 Å². The number of carbonyl (C=O) groups excluding carboxylic acids is 1. The van der Waals surface area contributed by atoms with Crippen LogP contribution in [0.15, 0.2) is 89.8 Å². The number of hydrogen-bond acceptors (Lipinski definition) is 6. The third kappa shape index (κ3) is 7.34. The fraction of sp³-hybridized carbons (Fsp3) is 0.345. The number of benzene rings is 3. The van der Waals surface area contributed by atoms with E-state index in [1.165, 1.54) is 17.3 Å². The van der Waals surface area contributed by atoms with Crippen molar-refractivity contribution in [3.05, 3.63) is 102 Å². The highest BCUT2D eigenvalue weighted by atomic mass is 35.5. The molecule has 3 aromatic carbocycles. The number of rotatable bonds is 10. The van der Waals surface area contributed by atoms with Crippen LogP contribution in [0.3, 0.4) is 0 Å². The molecule has 1 fully saturated rings. The standard InChI is InChI=1S/C29H31ClO5S/c1-20-13-15-24(16-14-20)36-29-28(35-25(31)17-30)27(33-19-23-11-7-4-8-12-23)26(21(2)34-29)32-18-22-9-5-3-6-10-22/h3-16,21,26-29H,17-19H2,1-2H3/t21-,26-,27+,28+,29-/m0/s1. The van der Waals surface area contributed by atoms with Crippen molar-refractivity contribution in [2.45, 2.75) is 61.8 Å². The first kappa shape index (κ1) is 26.7. The minimum absolute atomic E-state index is 0.255. The largest absolute Gasteiger partial charge is 0.455 e. The van der Waals surface area contributed by atoms with Gasteiger partial charge in [-0.1, -0.05) is 90.1 Å². The van der Waals surface area contributed by atoms with Gasteiger partial charge >= 0.3 is 5.97 Å². The first-order valence-corrected chi connectivity index (χ1v) is 13.4. The van der Waals surface area contributed by atoms with Gasteiger partial charge in [0.05, 0.1) is 19.3 Å². The molecule has 36 heavy (non-hydrogen) atoms. The molecule has 4 rings (SSSR count). The van der Waals surface area contributed by atoms with Gasteiger partial charge in [-0.2, -0.15) is 0 Å². The van der Waals surface area contributed by atoms with Gasteiger partial charge in [0.25, 0.3) is 0 Å². The number of aryl methyl sites for hydroxylation is 1. The summed E-state index contributed by atoms with van der Waals surface area (Å²) >= 11 is 7.33. The van der Waals surface area contributed by atoms with Gasteiger partial charge in [-0.3, -0.25) is 4.79 Å². The maximum atomic E-state index is 12.4. The van der Waals surface area contributed by atoms with Crippen molar-refractivity contribution in [2.24, 2.45) is 0 Å². The predicted molar refractivity (Wildman–Crippen MR) is 142 cm³/mol. The van der Waals surface area contributed by atoms with E-state index >= 15 is 0 Å². The number of halogens is 1. The summed E-state index contributed by atoms with van der Waals surface area (Å²) in [5.41, 5.74) is 2.73. The molecule has 190 valence electrons. The third-order valence-electron chi connectivity index (χ3n) is 5.95. The van der Waals surface area contributed by atoms with E-state index in [1.54, 1.807) is 0 Å². The summed E-state index contributed by atoms with van der Waals surface area (Å²) in [6, 6.07) is 28.0. The van der Waals surface area contributed by atoms with Crippen molar-refractivity contribution >= 4 is 29.3 Å². The van der Waals surface area contributed by atoms with Gasteiger partial charge in [-0.15, -0.1) is 11.6 Å². The zero-order chi connectivity index (χ0) is 25.3. The van der Waals surface area contributed by atoms with Crippen LogP contribution >= 0.6 is 23.4 Å². The highest BCUT2D eigenvalue weighted by Crippen LogP contribution is 2.37. The minimum atomic E-state index is -0.719. The molecule has 1 aliphatic rings. The molecule has 3 aromatic rings. The normalized spacial score (nSPS) is 23.8. The van der Waals surface area contributed by atoms with Crippen molar-refractivity contribution < 1.29 is 23.7 Å². The predicted octanol–water partition coefficient (Wildman–Crippen LogP) is 6.15. The number of hydrogen-bond donors (Lipinski definition) is 0. The summed E-state index contributed by atoms with van der Waals surface area (Å²) in [4.78, 5) is 13.4. The Kier molecular flexibility index (Phi) is 9.84. The van der Waals surface area contributed by atoms with E-state index in [4.69, 9.17) is 30.5 Å². The van der Waals surface area contributed by atoms with Crippen molar-refractivity contribution in [1.82, 2.24) is 0 Å². The molecule has 0 unspecified atom stereocenters. The van der Waals surface area contributed by atoms with E-state index < -0.39 is 29.7 Å². The van der Waals surface area contributed by atoms with Crippen LogP contribution in [0.1, 0.15) is 23.6 Å². The average Bonchev–Trinajstić information content (AvgIpc) is 2.90. The second-order valence-electron chi connectivity index (χ2n) is 8.75. The molecule has 1 aliphatic heterocycles. The van der Waals surface area contributed by atoms with Gasteiger partial charge < -0.3 is 18.9 Å². The van der Waals surface area contributed by atoms with Crippen LogP contribution in [-0.4, -0.2) is 41.7 Å². The molecule has 0 bridgehead atoms. The zero-order valence-corrected chi connectivity index (χ0v) is 22.0. The lowest BCUT2D eigenvalue weighted by Crippen LogP contribution is -2.59. The van der Waals surface area contributed by atoms with E-state index in [9.17, 15) is 4.79 Å². The summed E-state index contributed by atoms with van der Waals surface area (Å²) < 4.78 is 25.1. The van der Waals surface area contributed by atoms with Crippen LogP contribution in [0.25, 0.3) is 0 Å². The monoisotopic (exact) mass is 526 g/mol. The van der Waals surface area contributed by atoms with Gasteiger partial charge in [0.2, 0.25) is 0 Å². The molecule has 0 amide bonds. The van der Waals surface area contributed by atoms with Gasteiger partial charge in [0.15, 0.2) is 6.10 Å². The first-order chi connectivity index (χ1) is 17.5. The zero-order valence-electron chi connectivity index (χ0n) is 20.4. The minimum Gasteiger partial charge on any atom is -0.455 e. The molecule has 0 spiro atoms. The summed E-state index contributed by atoms with van der Waals surface area (Å²) in [6.07, 6.45) is -2.05. The van der Waals surface area contributed by atoms with E-state index in [0.717, 1.165) is 16.0 Å². The Hall–Kier alpha value is -2.35. The summed E-state index contributed by atoms with van der Waals surface area (Å²) in [6.45, 7) is 4.74. The first-order valence-electron chi connectivity index (χ1n) is 12.0. The number of thioether (sulfide) groups is 1. The average molecular weight is 527 g/mol. The number of ether oxygens (including phenoxy) is 4. The molecular formula is C29H31ClO5S. The second kappa shape index (κ2) is 13.3. The number of alkyl halides is 1. The Balaban J connectivity index is 1.60. The highest BCUT2D eigenvalue weighted by molar-refractivity contribution is 7.99. The summed E-state index contributed by atoms with van der Waals surface area (Å²) in [5, 5.41) is 0. The Morgan fingerprint density at radius 3 is 1.94 bits per heavy atom. The third-order valence-corrected chi connectivity index (χ3v) is 7.32. The SMILES string of the molecule is Cc1ccc(S[C@@H]2O[C@@H](C)[C@H](OCc3ccccc3)[C@@H](OCc3ccccc3)[C@H]2OC(=O)CCl)cc1. The lowest BCUT2D eigenvalue weighted by Gasteiger charge is -2.44. The molecule has 0 saturated carbocycles. The lowest BCUT2D eigenvalue weighted by atomic mass is 9.99. The van der Waals surface area contributed by atoms with Gasteiger partial charge in [0, 0.05) is 4.90 Å². The summed E-state index contributed by atoms with van der Waals surface area (Å²) in [7, 11) is 0. The van der Waals surface area contributed by atoms with Crippen LogP contribution in [-0.2, 0) is 37.0 Å². The van der Waals surface area contributed by atoms with Crippen LogP contribution in [0.2, 0.25) is 0 Å². The van der Waals surface area contributed by atoms with Gasteiger partial charge in [0.1, 0.15) is 23.5 Å². The fourth-order valence-electron chi connectivity index (χ4n) is 4.08. The lowest BCUT2D eigenvalue weighted by molar-refractivity contribution is -0.237. The second-order valence-corrected chi connectivity index (χ2v) is 10.2. The summed E-state index contributed by atoms with van der Waals surface area (Å²) in [5.74, 6) is -0.779. The van der Waals surface area contributed by atoms with E-state index in [-0.39, 0.29) is 12.0 Å². The Morgan fingerprint density at radius 1 is 0.833 bits per heavy atom. The molecule has 5 nitrogen and oxygen atoms in total. The van der Waals surface area contributed by atoms with Crippen molar-refractivity contribution in [1.29, 1.82) is 0 Å².